The largest absolute Gasteiger partial charge is 0.555 e. The van der Waals surface area contributed by atoms with Crippen molar-refractivity contribution >= 4 is 16.7 Å². The summed E-state index contributed by atoms with van der Waals surface area (Å²) in [6, 6.07) is -1.32. The number of hydrogen-bond donors (Lipinski definition) is 4. The lowest BCUT2D eigenvalue weighted by atomic mass is 11.2. The molecular weight excluding hydrogens is 166 g/mol. The lowest BCUT2D eigenvalue weighted by molar-refractivity contribution is -0.638. The highest BCUT2D eigenvalue weighted by Gasteiger charge is 2.35. The number of amides is 2. The fourth-order valence-electron chi connectivity index (χ4n) is 0.166. The van der Waals surface area contributed by atoms with Gasteiger partial charge in [-0.15, -0.1) is 0 Å². The van der Waals surface area contributed by atoms with E-state index in [2.05, 4.69) is 10.2 Å². The minimum absolute atomic E-state index is 1.02. The van der Waals surface area contributed by atoms with Crippen LogP contribution in [-0.4, -0.2) is 11.2 Å². The van der Waals surface area contributed by atoms with E-state index in [4.69, 9.17) is 5.21 Å². The summed E-state index contributed by atoms with van der Waals surface area (Å²) in [7, 11) is -4.16. The summed E-state index contributed by atoms with van der Waals surface area (Å²) in [5, 5.41) is 7.79. The van der Waals surface area contributed by atoms with Crippen molar-refractivity contribution in [2.75, 3.05) is 0 Å². The lowest BCUT2D eigenvalue weighted by Crippen LogP contribution is -2.57. The van der Waals surface area contributed by atoms with Crippen LogP contribution in [0.2, 0.25) is 0 Å². The van der Waals surface area contributed by atoms with Crippen molar-refractivity contribution in [3.05, 3.63) is 0 Å². The number of carbonyl (C=O) groups excluding carboxylic acids is 1. The number of hydroxylamine groups is 1. The third kappa shape index (κ3) is 3.32. The highest BCUT2D eigenvalue weighted by atomic mass is 32.3. The predicted molar refractivity (Wildman–Crippen MR) is 26.2 cm³/mol. The second-order valence-corrected chi connectivity index (χ2v) is 2.46. The highest BCUT2D eigenvalue weighted by molar-refractivity contribution is 7.91. The predicted octanol–water partition coefficient (Wildman–Crippen LogP) is -2.48. The standard InChI is InChI=1S/CH5N3O5S/c2-9-10(7,8)4-1(5)3-6/h2H3,(H2-,3,4,5,6,7)/q+1/p+1. The Hall–Kier alpha value is -0.740. The summed E-state index contributed by atoms with van der Waals surface area (Å²) in [5.74, 6) is 2.53. The van der Waals surface area contributed by atoms with Crippen molar-refractivity contribution in [3.8, 4) is 0 Å². The van der Waals surface area contributed by atoms with E-state index < -0.39 is 16.7 Å². The Kier molecular flexibility index (Phi) is 3.18. The van der Waals surface area contributed by atoms with Crippen LogP contribution in [0.25, 0.3) is 0 Å². The molecule has 0 spiro atoms. The van der Waals surface area contributed by atoms with Gasteiger partial charge in [0, 0.05) is 4.21 Å². The fourth-order valence-corrected chi connectivity index (χ4v) is 0.497. The first-order chi connectivity index (χ1) is 4.52. The number of hydrogen-bond acceptors (Lipinski definition) is 4. The van der Waals surface area contributed by atoms with Crippen LogP contribution >= 0.6 is 0 Å². The van der Waals surface area contributed by atoms with Gasteiger partial charge >= 0.3 is 16.7 Å². The maximum atomic E-state index is 10.2. The quantitative estimate of drug-likeness (QED) is 0.208. The van der Waals surface area contributed by atoms with E-state index in [9.17, 15) is 13.6 Å². The van der Waals surface area contributed by atoms with Crippen LogP contribution in [0.1, 0.15) is 0 Å². The van der Waals surface area contributed by atoms with Crippen LogP contribution in [0.4, 0.5) is 4.79 Å². The molecule has 2 amide bonds. The average Bonchev–Trinajstić information content (AvgIpc) is 1.87. The molecule has 0 fully saturated rings. The third-order valence-electron chi connectivity index (χ3n) is 0.474. The minimum atomic E-state index is -4.16. The SMILES string of the molecule is [NH3+]O[S+]([O])(=O)NC(=O)NO. The zero-order chi connectivity index (χ0) is 8.20. The van der Waals surface area contributed by atoms with Crippen molar-refractivity contribution in [1.82, 2.24) is 10.2 Å². The number of rotatable bonds is 2. The molecule has 8 nitrogen and oxygen atoms in total. The van der Waals surface area contributed by atoms with E-state index in [0.717, 1.165) is 5.48 Å². The van der Waals surface area contributed by atoms with Gasteiger partial charge in [0.25, 0.3) is 0 Å². The first kappa shape index (κ1) is 9.26. The molecule has 0 aromatic carbocycles. The molecule has 0 aromatic rings. The number of quaternary nitrogens is 1. The van der Waals surface area contributed by atoms with Gasteiger partial charge < -0.3 is 0 Å². The Bertz CT molecular complexity index is 168. The molecule has 59 valence electrons. The minimum Gasteiger partial charge on any atom is -0.287 e. The molecule has 1 unspecified atom stereocenters. The van der Waals surface area contributed by atoms with Crippen molar-refractivity contribution in [2.24, 2.45) is 0 Å². The molecule has 9 heteroatoms. The zero-order valence-corrected chi connectivity index (χ0v) is 5.51. The first-order valence-corrected chi connectivity index (χ1v) is 3.33. The molecule has 1 radical (unpaired) electrons. The van der Waals surface area contributed by atoms with Crippen molar-refractivity contribution < 1.29 is 28.9 Å². The Morgan fingerprint density at radius 2 is 2.20 bits per heavy atom. The molecular formula is CH6N3O5S+2. The van der Waals surface area contributed by atoms with Crippen LogP contribution in [0.3, 0.4) is 0 Å². The van der Waals surface area contributed by atoms with Crippen molar-refractivity contribution in [1.29, 1.82) is 0 Å². The van der Waals surface area contributed by atoms with Crippen LogP contribution < -0.4 is 16.1 Å². The fraction of sp³-hybridized carbons (Fsp3) is 0. The average molecular weight is 172 g/mol. The monoisotopic (exact) mass is 172 g/mol. The van der Waals surface area contributed by atoms with Crippen LogP contribution in [0, 0.1) is 0 Å². The van der Waals surface area contributed by atoms with Crippen LogP contribution in [0.5, 0.6) is 0 Å². The molecule has 0 aliphatic rings. The second kappa shape index (κ2) is 3.43. The van der Waals surface area contributed by atoms with Gasteiger partial charge in [0.05, 0.1) is 4.28 Å². The molecule has 0 saturated carbocycles. The van der Waals surface area contributed by atoms with E-state index in [1.165, 1.54) is 4.72 Å². The maximum Gasteiger partial charge on any atom is 0.555 e. The third-order valence-corrected chi connectivity index (χ3v) is 1.22. The molecule has 0 rings (SSSR count). The van der Waals surface area contributed by atoms with Gasteiger partial charge in [-0.1, -0.05) is 4.72 Å². The van der Waals surface area contributed by atoms with E-state index in [0.29, 0.717) is 0 Å². The smallest absolute Gasteiger partial charge is 0.287 e. The normalized spacial score (nSPS) is 15.5. The van der Waals surface area contributed by atoms with E-state index in [-0.39, 0.29) is 0 Å². The molecule has 0 aliphatic heterocycles. The maximum absolute atomic E-state index is 10.2. The van der Waals surface area contributed by atoms with E-state index in [1.807, 2.05) is 0 Å². The van der Waals surface area contributed by atoms with Gasteiger partial charge in [-0.05, 0) is 0 Å². The van der Waals surface area contributed by atoms with Crippen molar-refractivity contribution in [2.45, 2.75) is 0 Å². The van der Waals surface area contributed by atoms with Gasteiger partial charge in [0.2, 0.25) is 0 Å². The topological polar surface area (TPSA) is 135 Å². The van der Waals surface area contributed by atoms with E-state index in [1.54, 1.807) is 0 Å². The zero-order valence-electron chi connectivity index (χ0n) is 4.70. The number of carbonyl (C=O) groups is 1. The number of nitrogens with one attached hydrogen (secondary N) is 2. The number of urea groups is 1. The molecule has 0 heterocycles. The molecule has 10 heavy (non-hydrogen) atoms. The summed E-state index contributed by atoms with van der Waals surface area (Å²) < 4.78 is 25.2. The van der Waals surface area contributed by atoms with Gasteiger partial charge in [-0.2, -0.15) is 5.90 Å². The van der Waals surface area contributed by atoms with Gasteiger partial charge in [0.15, 0.2) is 0 Å². The Balaban J connectivity index is 3.89. The summed E-state index contributed by atoms with van der Waals surface area (Å²) in [6.45, 7) is 0. The van der Waals surface area contributed by atoms with Gasteiger partial charge in [-0.25, -0.2) is 10.3 Å². The highest BCUT2D eigenvalue weighted by Crippen LogP contribution is 1.89. The van der Waals surface area contributed by atoms with Crippen molar-refractivity contribution in [3.63, 3.8) is 0 Å². The van der Waals surface area contributed by atoms with Gasteiger partial charge in [0.1, 0.15) is 4.55 Å². The Morgan fingerprint density at radius 1 is 1.70 bits per heavy atom. The molecule has 6 N–H and O–H groups in total. The molecule has 1 atom stereocenters. The Morgan fingerprint density at radius 3 is 2.50 bits per heavy atom. The molecule has 0 aromatic heterocycles. The van der Waals surface area contributed by atoms with Crippen LogP contribution in [-0.2, 0) is 23.7 Å². The second-order valence-electron chi connectivity index (χ2n) is 1.11. The summed E-state index contributed by atoms with van der Waals surface area (Å²) in [6.07, 6.45) is 0. The summed E-state index contributed by atoms with van der Waals surface area (Å²) in [5.41, 5.74) is 1.02. The van der Waals surface area contributed by atoms with Crippen LogP contribution in [0.15, 0.2) is 0 Å². The summed E-state index contributed by atoms with van der Waals surface area (Å²) >= 11 is 0. The molecule has 0 saturated heterocycles. The first-order valence-electron chi connectivity index (χ1n) is 1.92. The summed E-state index contributed by atoms with van der Waals surface area (Å²) in [4.78, 5) is 10.0. The van der Waals surface area contributed by atoms with Gasteiger partial charge in [-0.3, -0.25) is 5.21 Å². The molecule has 0 aliphatic carbocycles. The van der Waals surface area contributed by atoms with E-state index >= 15 is 0 Å². The lowest BCUT2D eigenvalue weighted by Gasteiger charge is -1.93. The molecule has 0 bridgehead atoms. The Labute approximate surface area is 56.8 Å².